The van der Waals surface area contributed by atoms with Crippen LogP contribution in [0.4, 0.5) is 10.8 Å². The van der Waals surface area contributed by atoms with Gasteiger partial charge in [0.15, 0.2) is 5.13 Å². The van der Waals surface area contributed by atoms with Gasteiger partial charge in [0.25, 0.3) is 11.8 Å². The monoisotopic (exact) mass is 561 g/mol. The van der Waals surface area contributed by atoms with Gasteiger partial charge in [0.05, 0.1) is 10.2 Å². The van der Waals surface area contributed by atoms with Crippen LogP contribution in [0.3, 0.4) is 0 Å². The average Bonchev–Trinajstić information content (AvgIpc) is 3.55. The number of guanidine groups is 1. The minimum absolute atomic E-state index is 0.147. The zero-order valence-electron chi connectivity index (χ0n) is 22.0. The van der Waals surface area contributed by atoms with E-state index in [4.69, 9.17) is 0 Å². The van der Waals surface area contributed by atoms with Crippen molar-refractivity contribution in [3.8, 4) is 5.75 Å². The number of thiazole rings is 1. The van der Waals surface area contributed by atoms with Crippen LogP contribution in [0.5, 0.6) is 5.75 Å². The summed E-state index contributed by atoms with van der Waals surface area (Å²) < 4.78 is 1.16. The lowest BCUT2D eigenvalue weighted by atomic mass is 10.1. The van der Waals surface area contributed by atoms with Crippen molar-refractivity contribution >= 4 is 50.1 Å². The molecule has 5 aromatic rings. The summed E-state index contributed by atoms with van der Waals surface area (Å²) in [6, 6.07) is 30.5. The second-order valence-electron chi connectivity index (χ2n) is 9.67. The van der Waals surface area contributed by atoms with Gasteiger partial charge in [0.2, 0.25) is 5.96 Å². The fraction of sp³-hybridized carbons (Fsp3) is 0.125. The summed E-state index contributed by atoms with van der Waals surface area (Å²) in [7, 11) is 0. The molecule has 0 saturated carbocycles. The van der Waals surface area contributed by atoms with Crippen LogP contribution in [0.2, 0.25) is 0 Å². The van der Waals surface area contributed by atoms with E-state index in [1.807, 2.05) is 48.5 Å². The van der Waals surface area contributed by atoms with Crippen molar-refractivity contribution in [2.45, 2.75) is 18.9 Å². The van der Waals surface area contributed by atoms with Crippen molar-refractivity contribution in [3.05, 3.63) is 120 Å². The topological polar surface area (TPSA) is 107 Å². The number of phenolic OH excluding ortho intramolecular Hbond substituents is 1. The molecule has 0 radical (unpaired) electrons. The van der Waals surface area contributed by atoms with E-state index in [-0.39, 0.29) is 11.7 Å². The maximum Gasteiger partial charge on any atom is 0.267 e. The van der Waals surface area contributed by atoms with Gasteiger partial charge in [-0.1, -0.05) is 65.9 Å². The van der Waals surface area contributed by atoms with Gasteiger partial charge in [0, 0.05) is 24.2 Å². The summed E-state index contributed by atoms with van der Waals surface area (Å²) in [6.45, 7) is 0.742. The standard InChI is InChI=1S/C32H27N5O3S/c38-25-16-12-22(13-17-25)20-27-30(40)37(29(39)23-6-2-1-3-7-23)31(35-27)34-24-14-10-21(11-15-24)18-19-33-32-36-26-8-4-5-9-28(26)41-32/h1-17,27,38H,18-20H2,(H,33,36)(H,34,35)/t27-/m0/s1. The molecule has 0 aliphatic carbocycles. The first-order valence-corrected chi connectivity index (χ1v) is 14.1. The smallest absolute Gasteiger partial charge is 0.267 e. The molecule has 0 fully saturated rings. The Kier molecular flexibility index (Phi) is 7.42. The minimum Gasteiger partial charge on any atom is -0.508 e. The van der Waals surface area contributed by atoms with E-state index in [0.717, 1.165) is 50.0 Å². The summed E-state index contributed by atoms with van der Waals surface area (Å²) in [4.78, 5) is 37.2. The number of fused-ring (bicyclic) bond motifs is 1. The van der Waals surface area contributed by atoms with Crippen molar-refractivity contribution in [1.29, 1.82) is 0 Å². The number of amides is 2. The minimum atomic E-state index is -0.762. The number of para-hydroxylation sites is 1. The molecule has 1 aromatic heterocycles. The van der Waals surface area contributed by atoms with E-state index in [1.54, 1.807) is 59.9 Å². The molecule has 0 spiro atoms. The van der Waals surface area contributed by atoms with Crippen LogP contribution in [0.15, 0.2) is 108 Å². The summed E-state index contributed by atoms with van der Waals surface area (Å²) in [5.41, 5.74) is 4.08. The van der Waals surface area contributed by atoms with Crippen molar-refractivity contribution in [3.63, 3.8) is 0 Å². The largest absolute Gasteiger partial charge is 0.508 e. The SMILES string of the molecule is O=C(c1ccccc1)N1C(=O)[C@H](Cc2ccc(O)cc2)N=C1Nc1ccc(CCNc2nc3ccccc3s2)cc1. The van der Waals surface area contributed by atoms with Crippen LogP contribution >= 0.6 is 11.3 Å². The average molecular weight is 562 g/mol. The number of carbonyl (C=O) groups is 2. The van der Waals surface area contributed by atoms with Gasteiger partial charge in [0.1, 0.15) is 11.8 Å². The molecule has 41 heavy (non-hydrogen) atoms. The third-order valence-electron chi connectivity index (χ3n) is 6.78. The highest BCUT2D eigenvalue weighted by Crippen LogP contribution is 2.26. The second-order valence-corrected chi connectivity index (χ2v) is 10.7. The van der Waals surface area contributed by atoms with E-state index < -0.39 is 17.9 Å². The lowest BCUT2D eigenvalue weighted by Gasteiger charge is -2.18. The number of nitrogens with one attached hydrogen (secondary N) is 2. The van der Waals surface area contributed by atoms with Crippen molar-refractivity contribution in [2.75, 3.05) is 17.2 Å². The second kappa shape index (κ2) is 11.6. The zero-order valence-corrected chi connectivity index (χ0v) is 22.8. The first-order chi connectivity index (χ1) is 20.0. The molecule has 9 heteroatoms. The third-order valence-corrected chi connectivity index (χ3v) is 7.77. The summed E-state index contributed by atoms with van der Waals surface area (Å²) in [5, 5.41) is 17.1. The Balaban J connectivity index is 1.15. The van der Waals surface area contributed by atoms with Gasteiger partial charge >= 0.3 is 0 Å². The van der Waals surface area contributed by atoms with E-state index in [0.29, 0.717) is 12.0 Å². The van der Waals surface area contributed by atoms with Gasteiger partial charge < -0.3 is 15.7 Å². The Bertz CT molecular complexity index is 1680. The number of aromatic hydroxyl groups is 1. The Hall–Kier alpha value is -5.02. The number of aliphatic imine (C=N–C) groups is 1. The van der Waals surface area contributed by atoms with Crippen LogP contribution in [-0.2, 0) is 17.6 Å². The molecule has 8 nitrogen and oxygen atoms in total. The maximum absolute atomic E-state index is 13.4. The Morgan fingerprint density at radius 3 is 2.34 bits per heavy atom. The van der Waals surface area contributed by atoms with Crippen LogP contribution in [-0.4, -0.2) is 45.4 Å². The summed E-state index contributed by atoms with van der Waals surface area (Å²) in [5.74, 6) is -0.494. The van der Waals surface area contributed by atoms with Crippen molar-refractivity contribution < 1.29 is 14.7 Å². The zero-order chi connectivity index (χ0) is 28.2. The van der Waals surface area contributed by atoms with Crippen molar-refractivity contribution in [1.82, 2.24) is 9.88 Å². The molecule has 0 saturated heterocycles. The number of nitrogens with zero attached hydrogens (tertiary/aromatic N) is 3. The van der Waals surface area contributed by atoms with Crippen LogP contribution in [0, 0.1) is 0 Å². The van der Waals surface area contributed by atoms with E-state index in [9.17, 15) is 14.7 Å². The Morgan fingerprint density at radius 1 is 0.878 bits per heavy atom. The van der Waals surface area contributed by atoms with Gasteiger partial charge in [-0.3, -0.25) is 9.59 Å². The van der Waals surface area contributed by atoms with Crippen LogP contribution in [0.1, 0.15) is 21.5 Å². The number of anilines is 2. The number of hydrogen-bond acceptors (Lipinski definition) is 8. The number of hydrogen-bond donors (Lipinski definition) is 3. The van der Waals surface area contributed by atoms with Gasteiger partial charge in [-0.05, 0) is 66.1 Å². The molecular formula is C32H27N5O3S. The molecule has 0 bridgehead atoms. The molecule has 0 unspecified atom stereocenters. The fourth-order valence-electron chi connectivity index (χ4n) is 4.64. The van der Waals surface area contributed by atoms with Crippen LogP contribution in [0.25, 0.3) is 10.2 Å². The fourth-order valence-corrected chi connectivity index (χ4v) is 5.53. The maximum atomic E-state index is 13.4. The highest BCUT2D eigenvalue weighted by molar-refractivity contribution is 7.22. The van der Waals surface area contributed by atoms with E-state index in [1.165, 1.54) is 0 Å². The molecule has 4 aromatic carbocycles. The van der Waals surface area contributed by atoms with E-state index >= 15 is 0 Å². The molecule has 204 valence electrons. The van der Waals surface area contributed by atoms with Gasteiger partial charge in [-0.25, -0.2) is 14.9 Å². The molecule has 6 rings (SSSR count). The molecule has 1 aliphatic rings. The molecule has 2 amide bonds. The highest BCUT2D eigenvalue weighted by Gasteiger charge is 2.39. The third kappa shape index (κ3) is 5.95. The first-order valence-electron chi connectivity index (χ1n) is 13.3. The van der Waals surface area contributed by atoms with Crippen LogP contribution < -0.4 is 10.6 Å². The van der Waals surface area contributed by atoms with Crippen molar-refractivity contribution in [2.24, 2.45) is 4.99 Å². The lowest BCUT2D eigenvalue weighted by Crippen LogP contribution is -2.43. The lowest BCUT2D eigenvalue weighted by molar-refractivity contribution is -0.125. The molecule has 1 atom stereocenters. The van der Waals surface area contributed by atoms with Gasteiger partial charge in [-0.15, -0.1) is 0 Å². The van der Waals surface area contributed by atoms with Gasteiger partial charge in [-0.2, -0.15) is 0 Å². The quantitative estimate of drug-likeness (QED) is 0.209. The number of aromatic nitrogens is 1. The molecule has 2 heterocycles. The summed E-state index contributed by atoms with van der Waals surface area (Å²) >= 11 is 1.64. The number of rotatable bonds is 8. The number of phenols is 1. The van der Waals surface area contributed by atoms with E-state index in [2.05, 4.69) is 26.7 Å². The Morgan fingerprint density at radius 2 is 1.59 bits per heavy atom. The number of carbonyl (C=O) groups excluding carboxylic acids is 2. The Labute approximate surface area is 241 Å². The normalized spacial score (nSPS) is 14.7. The predicted molar refractivity (Wildman–Crippen MR) is 163 cm³/mol. The highest BCUT2D eigenvalue weighted by atomic mass is 32.1. The molecule has 3 N–H and O–H groups in total. The number of benzene rings is 4. The molecular weight excluding hydrogens is 534 g/mol. The number of imide groups is 1. The summed E-state index contributed by atoms with van der Waals surface area (Å²) in [6.07, 6.45) is 1.12. The predicted octanol–water partition coefficient (Wildman–Crippen LogP) is 5.72. The first kappa shape index (κ1) is 26.2. The molecule has 1 aliphatic heterocycles.